The monoisotopic (exact) mass is 186 g/mol. The topological polar surface area (TPSA) is 106 Å². The molecule has 0 bridgehead atoms. The standard InChI is InChI=1S/C7H10N2O4/c10-2-5(11)6(12)4-1-8-3-9-7(4)13/h1,3,5-6,10-12H,2H2,(H,8,9,13). The van der Waals surface area contributed by atoms with E-state index in [1.165, 1.54) is 6.33 Å². The van der Waals surface area contributed by atoms with Crippen LogP contribution in [0.3, 0.4) is 0 Å². The number of rotatable bonds is 3. The molecule has 1 aromatic rings. The van der Waals surface area contributed by atoms with Gasteiger partial charge in [0.25, 0.3) is 5.56 Å². The Hall–Kier alpha value is -1.24. The van der Waals surface area contributed by atoms with Crippen molar-refractivity contribution in [2.75, 3.05) is 6.61 Å². The number of aliphatic hydroxyl groups is 3. The highest BCUT2D eigenvalue weighted by Crippen LogP contribution is 2.10. The van der Waals surface area contributed by atoms with Crippen LogP contribution < -0.4 is 5.56 Å². The highest BCUT2D eigenvalue weighted by atomic mass is 16.4. The molecule has 0 radical (unpaired) electrons. The number of nitrogens with zero attached hydrogens (tertiary/aromatic N) is 1. The number of aromatic nitrogens is 2. The Balaban J connectivity index is 2.95. The quantitative estimate of drug-likeness (QED) is 0.443. The van der Waals surface area contributed by atoms with E-state index < -0.39 is 24.4 Å². The molecule has 1 heterocycles. The molecule has 0 aliphatic heterocycles. The van der Waals surface area contributed by atoms with Crippen molar-refractivity contribution < 1.29 is 15.3 Å². The minimum absolute atomic E-state index is 0.0657. The molecule has 2 unspecified atom stereocenters. The third kappa shape index (κ3) is 2.11. The summed E-state index contributed by atoms with van der Waals surface area (Å²) in [7, 11) is 0. The highest BCUT2D eigenvalue weighted by Gasteiger charge is 2.20. The van der Waals surface area contributed by atoms with Crippen LogP contribution in [0.4, 0.5) is 0 Å². The first-order valence-corrected chi connectivity index (χ1v) is 3.66. The first kappa shape index (κ1) is 9.85. The van der Waals surface area contributed by atoms with Gasteiger partial charge < -0.3 is 20.3 Å². The Morgan fingerprint density at radius 3 is 2.77 bits per heavy atom. The summed E-state index contributed by atoms with van der Waals surface area (Å²) in [6.45, 7) is -0.616. The second-order valence-electron chi connectivity index (χ2n) is 2.53. The summed E-state index contributed by atoms with van der Waals surface area (Å²) in [5.41, 5.74) is -0.598. The summed E-state index contributed by atoms with van der Waals surface area (Å²) in [6.07, 6.45) is -0.473. The van der Waals surface area contributed by atoms with Crippen LogP contribution >= 0.6 is 0 Å². The number of hydrogen-bond donors (Lipinski definition) is 4. The Kier molecular flexibility index (Phi) is 3.13. The van der Waals surface area contributed by atoms with Gasteiger partial charge in [-0.25, -0.2) is 4.98 Å². The third-order valence-corrected chi connectivity index (χ3v) is 1.62. The van der Waals surface area contributed by atoms with Crippen LogP contribution in [0.15, 0.2) is 17.3 Å². The number of aromatic amines is 1. The zero-order chi connectivity index (χ0) is 9.84. The Labute approximate surface area is 73.5 Å². The summed E-state index contributed by atoms with van der Waals surface area (Å²) in [5.74, 6) is 0. The minimum atomic E-state index is -1.41. The molecule has 0 saturated heterocycles. The number of nitrogens with one attached hydrogen (secondary N) is 1. The van der Waals surface area contributed by atoms with Crippen LogP contribution in [0, 0.1) is 0 Å². The van der Waals surface area contributed by atoms with Crippen molar-refractivity contribution in [3.63, 3.8) is 0 Å². The predicted octanol–water partition coefficient (Wildman–Crippen LogP) is -1.84. The largest absolute Gasteiger partial charge is 0.394 e. The Morgan fingerprint density at radius 1 is 1.54 bits per heavy atom. The molecule has 0 fully saturated rings. The summed E-state index contributed by atoms with van der Waals surface area (Å²) < 4.78 is 0. The first-order chi connectivity index (χ1) is 6.16. The molecule has 4 N–H and O–H groups in total. The van der Waals surface area contributed by atoms with E-state index in [4.69, 9.17) is 10.2 Å². The Bertz CT molecular complexity index is 324. The maximum Gasteiger partial charge on any atom is 0.256 e. The molecule has 0 saturated carbocycles. The molecule has 1 rings (SSSR count). The van der Waals surface area contributed by atoms with Gasteiger partial charge >= 0.3 is 0 Å². The van der Waals surface area contributed by atoms with Crippen molar-refractivity contribution in [2.45, 2.75) is 12.2 Å². The average Bonchev–Trinajstić information content (AvgIpc) is 2.16. The number of H-pyrrole nitrogens is 1. The van der Waals surface area contributed by atoms with Crippen LogP contribution in [-0.2, 0) is 0 Å². The van der Waals surface area contributed by atoms with E-state index in [1.54, 1.807) is 0 Å². The van der Waals surface area contributed by atoms with Crippen molar-refractivity contribution >= 4 is 0 Å². The fourth-order valence-corrected chi connectivity index (χ4v) is 0.873. The molecule has 1 aromatic heterocycles. The summed E-state index contributed by atoms with van der Waals surface area (Å²) in [4.78, 5) is 16.8. The molecule has 0 aromatic carbocycles. The van der Waals surface area contributed by atoms with Gasteiger partial charge in [-0.1, -0.05) is 0 Å². The van der Waals surface area contributed by atoms with Gasteiger partial charge in [-0.05, 0) is 0 Å². The van der Waals surface area contributed by atoms with E-state index in [0.717, 1.165) is 6.20 Å². The summed E-state index contributed by atoms with van der Waals surface area (Å²) >= 11 is 0. The molecular formula is C7H10N2O4. The van der Waals surface area contributed by atoms with Gasteiger partial charge in [0, 0.05) is 6.20 Å². The van der Waals surface area contributed by atoms with Crippen molar-refractivity contribution in [2.24, 2.45) is 0 Å². The molecule has 6 heteroatoms. The molecule has 0 spiro atoms. The second kappa shape index (κ2) is 4.13. The molecule has 6 nitrogen and oxygen atoms in total. The maximum atomic E-state index is 11.0. The van der Waals surface area contributed by atoms with Gasteiger partial charge in [0.15, 0.2) is 0 Å². The second-order valence-corrected chi connectivity index (χ2v) is 2.53. The molecule has 72 valence electrons. The lowest BCUT2D eigenvalue weighted by Crippen LogP contribution is -2.27. The molecule has 13 heavy (non-hydrogen) atoms. The van der Waals surface area contributed by atoms with Crippen molar-refractivity contribution in [3.8, 4) is 0 Å². The van der Waals surface area contributed by atoms with Gasteiger partial charge in [0.1, 0.15) is 12.2 Å². The normalized spacial score (nSPS) is 15.3. The number of aliphatic hydroxyl groups excluding tert-OH is 3. The van der Waals surface area contributed by atoms with Gasteiger partial charge in [0.2, 0.25) is 0 Å². The van der Waals surface area contributed by atoms with Crippen molar-refractivity contribution in [1.82, 2.24) is 9.97 Å². The van der Waals surface area contributed by atoms with E-state index in [9.17, 15) is 9.90 Å². The van der Waals surface area contributed by atoms with Gasteiger partial charge in [-0.2, -0.15) is 0 Å². The summed E-state index contributed by atoms with van der Waals surface area (Å²) in [5, 5.41) is 26.8. The van der Waals surface area contributed by atoms with Crippen LogP contribution in [-0.4, -0.2) is 38.0 Å². The van der Waals surface area contributed by atoms with Crippen LogP contribution in [0.1, 0.15) is 11.7 Å². The predicted molar refractivity (Wildman–Crippen MR) is 42.9 cm³/mol. The fraction of sp³-hybridized carbons (Fsp3) is 0.429. The third-order valence-electron chi connectivity index (χ3n) is 1.62. The van der Waals surface area contributed by atoms with Gasteiger partial charge in [-0.3, -0.25) is 4.79 Å². The average molecular weight is 186 g/mol. The molecule has 2 atom stereocenters. The van der Waals surface area contributed by atoms with Crippen LogP contribution in [0.5, 0.6) is 0 Å². The van der Waals surface area contributed by atoms with E-state index in [1.807, 2.05) is 0 Å². The van der Waals surface area contributed by atoms with Crippen molar-refractivity contribution in [1.29, 1.82) is 0 Å². The highest BCUT2D eigenvalue weighted by molar-refractivity contribution is 5.08. The van der Waals surface area contributed by atoms with Crippen LogP contribution in [0.25, 0.3) is 0 Å². The van der Waals surface area contributed by atoms with Crippen LogP contribution in [0.2, 0.25) is 0 Å². The maximum absolute atomic E-state index is 11.0. The number of hydrogen-bond acceptors (Lipinski definition) is 5. The molecule has 0 aliphatic rings. The first-order valence-electron chi connectivity index (χ1n) is 3.66. The molecule has 0 amide bonds. The zero-order valence-corrected chi connectivity index (χ0v) is 6.71. The zero-order valence-electron chi connectivity index (χ0n) is 6.71. The van der Waals surface area contributed by atoms with Crippen molar-refractivity contribution in [3.05, 3.63) is 28.4 Å². The molecular weight excluding hydrogens is 176 g/mol. The Morgan fingerprint density at radius 2 is 2.23 bits per heavy atom. The summed E-state index contributed by atoms with van der Waals surface area (Å²) in [6, 6.07) is 0. The van der Waals surface area contributed by atoms with E-state index in [-0.39, 0.29) is 5.56 Å². The lowest BCUT2D eigenvalue weighted by Gasteiger charge is -2.13. The van der Waals surface area contributed by atoms with E-state index >= 15 is 0 Å². The van der Waals surface area contributed by atoms with E-state index in [2.05, 4.69) is 9.97 Å². The lowest BCUT2D eigenvalue weighted by molar-refractivity contribution is -0.0160. The van der Waals surface area contributed by atoms with E-state index in [0.29, 0.717) is 0 Å². The van der Waals surface area contributed by atoms with Gasteiger partial charge in [0.05, 0.1) is 18.5 Å². The lowest BCUT2D eigenvalue weighted by atomic mass is 10.1. The van der Waals surface area contributed by atoms with Gasteiger partial charge in [-0.15, -0.1) is 0 Å². The SMILES string of the molecule is O=c1[nH]cncc1C(O)C(O)CO. The minimum Gasteiger partial charge on any atom is -0.394 e. The fourth-order valence-electron chi connectivity index (χ4n) is 0.873. The molecule has 0 aliphatic carbocycles. The smallest absolute Gasteiger partial charge is 0.256 e.